The van der Waals surface area contributed by atoms with E-state index in [1.807, 2.05) is 31.3 Å². The maximum atomic E-state index is 15.6. The second kappa shape index (κ2) is 12.0. The number of benzene rings is 2. The molecule has 1 N–H and O–H groups in total. The van der Waals surface area contributed by atoms with Crippen LogP contribution in [0.5, 0.6) is 0 Å². The average molecular weight is 616 g/mol. The molecule has 45 heavy (non-hydrogen) atoms. The summed E-state index contributed by atoms with van der Waals surface area (Å²) in [5.41, 5.74) is 3.62. The summed E-state index contributed by atoms with van der Waals surface area (Å²) in [5, 5.41) is 21.8. The SMILES string of the molecule is CN1CCC(c2nn(CC(=O)NCc3cn(CC(=O)OC(C)(C)C)nn3)c3cccc(-c4cc5c(cnn5C)cc4F)c23)CC1. The molecule has 1 amide bonds. The molecule has 0 radical (unpaired) electrons. The highest BCUT2D eigenvalue weighted by Crippen LogP contribution is 2.39. The van der Waals surface area contributed by atoms with Crippen molar-refractivity contribution in [2.75, 3.05) is 20.1 Å². The minimum atomic E-state index is -0.597. The predicted molar refractivity (Wildman–Crippen MR) is 167 cm³/mol. The van der Waals surface area contributed by atoms with Gasteiger partial charge < -0.3 is 15.0 Å². The Morgan fingerprint density at radius 3 is 2.60 bits per heavy atom. The Morgan fingerprint density at radius 2 is 1.84 bits per heavy atom. The van der Waals surface area contributed by atoms with Crippen LogP contribution in [0.4, 0.5) is 4.39 Å². The van der Waals surface area contributed by atoms with E-state index in [0.29, 0.717) is 11.3 Å². The topological polar surface area (TPSA) is 125 Å². The number of ether oxygens (including phenoxy) is 1. The van der Waals surface area contributed by atoms with Gasteiger partial charge in [0.2, 0.25) is 5.91 Å². The lowest BCUT2D eigenvalue weighted by Gasteiger charge is -2.28. The highest BCUT2D eigenvalue weighted by molar-refractivity contribution is 5.99. The lowest BCUT2D eigenvalue weighted by atomic mass is 9.89. The monoisotopic (exact) mass is 615 g/mol. The molecule has 12 nitrogen and oxygen atoms in total. The van der Waals surface area contributed by atoms with E-state index in [4.69, 9.17) is 9.84 Å². The predicted octanol–water partition coefficient (Wildman–Crippen LogP) is 3.79. The number of fused-ring (bicyclic) bond motifs is 2. The summed E-state index contributed by atoms with van der Waals surface area (Å²) in [6, 6.07) is 9.09. The molecule has 3 aromatic heterocycles. The van der Waals surface area contributed by atoms with Gasteiger partial charge in [-0.1, -0.05) is 17.3 Å². The highest BCUT2D eigenvalue weighted by atomic mass is 19.1. The lowest BCUT2D eigenvalue weighted by molar-refractivity contribution is -0.155. The molecule has 1 fully saturated rings. The molecule has 236 valence electrons. The molecule has 1 aliphatic heterocycles. The summed E-state index contributed by atoms with van der Waals surface area (Å²) in [5.74, 6) is -0.836. The highest BCUT2D eigenvalue weighted by Gasteiger charge is 2.27. The number of halogens is 1. The maximum absolute atomic E-state index is 15.6. The third kappa shape index (κ3) is 6.58. The Labute approximate surface area is 260 Å². The van der Waals surface area contributed by atoms with Crippen molar-refractivity contribution in [1.29, 1.82) is 0 Å². The number of rotatable bonds is 8. The van der Waals surface area contributed by atoms with Crippen LogP contribution in [0.15, 0.2) is 42.7 Å². The quantitative estimate of drug-likeness (QED) is 0.262. The fraction of sp³-hybridized carbons (Fsp3) is 0.438. The molecule has 2 aromatic carbocycles. The minimum absolute atomic E-state index is 0.0259. The van der Waals surface area contributed by atoms with E-state index in [9.17, 15) is 9.59 Å². The molecule has 13 heteroatoms. The van der Waals surface area contributed by atoms with Crippen LogP contribution in [0.25, 0.3) is 32.9 Å². The average Bonchev–Trinajstić information content (AvgIpc) is 3.68. The number of amides is 1. The number of piperidine rings is 1. The number of aromatic nitrogens is 7. The molecule has 0 atom stereocenters. The molecule has 0 spiro atoms. The summed E-state index contributed by atoms with van der Waals surface area (Å²) in [7, 11) is 3.95. The number of hydrogen-bond acceptors (Lipinski definition) is 8. The largest absolute Gasteiger partial charge is 0.459 e. The molecule has 0 unspecified atom stereocenters. The van der Waals surface area contributed by atoms with Crippen LogP contribution in [-0.2, 0) is 41.0 Å². The van der Waals surface area contributed by atoms with Gasteiger partial charge in [-0.3, -0.25) is 19.0 Å². The second-order valence-electron chi connectivity index (χ2n) is 12.7. The summed E-state index contributed by atoms with van der Waals surface area (Å²) < 4.78 is 25.8. The lowest BCUT2D eigenvalue weighted by Crippen LogP contribution is -2.30. The Morgan fingerprint density at radius 1 is 1.07 bits per heavy atom. The van der Waals surface area contributed by atoms with Crippen LogP contribution in [0.2, 0.25) is 0 Å². The molecule has 5 aromatic rings. The van der Waals surface area contributed by atoms with Gasteiger partial charge in [-0.25, -0.2) is 9.07 Å². The van der Waals surface area contributed by atoms with Crippen LogP contribution in [0.3, 0.4) is 0 Å². The molecule has 1 aliphatic rings. The smallest absolute Gasteiger partial charge is 0.328 e. The fourth-order valence-corrected chi connectivity index (χ4v) is 5.93. The minimum Gasteiger partial charge on any atom is -0.459 e. The number of carbonyl (C=O) groups excluding carboxylic acids is 2. The van der Waals surface area contributed by atoms with E-state index in [0.717, 1.165) is 59.0 Å². The van der Waals surface area contributed by atoms with Crippen molar-refractivity contribution in [2.24, 2.45) is 7.05 Å². The first-order chi connectivity index (χ1) is 21.4. The number of aryl methyl sites for hydroxylation is 1. The molecule has 0 bridgehead atoms. The van der Waals surface area contributed by atoms with Gasteiger partial charge in [0.25, 0.3) is 0 Å². The summed E-state index contributed by atoms with van der Waals surface area (Å²) >= 11 is 0. The van der Waals surface area contributed by atoms with Gasteiger partial charge in [0.1, 0.15) is 30.2 Å². The summed E-state index contributed by atoms with van der Waals surface area (Å²) in [6.07, 6.45) is 5.10. The zero-order valence-corrected chi connectivity index (χ0v) is 26.2. The fourth-order valence-electron chi connectivity index (χ4n) is 5.93. The van der Waals surface area contributed by atoms with Crippen molar-refractivity contribution in [2.45, 2.75) is 64.8 Å². The third-order valence-electron chi connectivity index (χ3n) is 8.09. The summed E-state index contributed by atoms with van der Waals surface area (Å²) in [6.45, 7) is 7.30. The van der Waals surface area contributed by atoms with Gasteiger partial charge in [-0.2, -0.15) is 10.2 Å². The number of esters is 1. The maximum Gasteiger partial charge on any atom is 0.328 e. The van der Waals surface area contributed by atoms with Crippen molar-refractivity contribution in [3.05, 3.63) is 59.9 Å². The molecule has 0 saturated carbocycles. The van der Waals surface area contributed by atoms with Crippen molar-refractivity contribution in [1.82, 2.24) is 44.8 Å². The second-order valence-corrected chi connectivity index (χ2v) is 12.7. The number of likely N-dealkylation sites (tertiary alicyclic amines) is 1. The molecule has 6 rings (SSSR count). The van der Waals surface area contributed by atoms with Crippen LogP contribution in [-0.4, -0.2) is 77.1 Å². The van der Waals surface area contributed by atoms with Gasteiger partial charge >= 0.3 is 5.97 Å². The van der Waals surface area contributed by atoms with E-state index in [1.54, 1.807) is 42.5 Å². The molecule has 0 aliphatic carbocycles. The number of nitrogens with zero attached hydrogens (tertiary/aromatic N) is 8. The van der Waals surface area contributed by atoms with Crippen LogP contribution >= 0.6 is 0 Å². The first-order valence-corrected chi connectivity index (χ1v) is 15.1. The zero-order valence-electron chi connectivity index (χ0n) is 26.2. The normalized spacial score (nSPS) is 14.8. The van der Waals surface area contributed by atoms with Crippen molar-refractivity contribution in [3.63, 3.8) is 0 Å². The molecular weight excluding hydrogens is 577 g/mol. The van der Waals surface area contributed by atoms with E-state index in [-0.39, 0.29) is 37.3 Å². The van der Waals surface area contributed by atoms with Gasteiger partial charge in [-0.15, -0.1) is 5.10 Å². The first-order valence-electron chi connectivity index (χ1n) is 15.1. The van der Waals surface area contributed by atoms with E-state index >= 15 is 4.39 Å². The Hall–Kier alpha value is -4.65. The van der Waals surface area contributed by atoms with Gasteiger partial charge in [0, 0.05) is 29.3 Å². The first kappa shape index (κ1) is 30.4. The van der Waals surface area contributed by atoms with E-state index < -0.39 is 11.6 Å². The van der Waals surface area contributed by atoms with Crippen molar-refractivity contribution in [3.8, 4) is 11.1 Å². The number of hydrogen-bond donors (Lipinski definition) is 1. The Kier molecular flexibility index (Phi) is 8.12. The number of carbonyl (C=O) groups is 2. The number of nitrogens with one attached hydrogen (secondary N) is 1. The Bertz CT molecular complexity index is 1880. The zero-order chi connectivity index (χ0) is 31.9. The van der Waals surface area contributed by atoms with Crippen LogP contribution < -0.4 is 5.32 Å². The Balaban J connectivity index is 1.26. The van der Waals surface area contributed by atoms with E-state index in [2.05, 4.69) is 32.7 Å². The third-order valence-corrected chi connectivity index (χ3v) is 8.09. The van der Waals surface area contributed by atoms with E-state index in [1.165, 1.54) is 10.7 Å². The molecule has 4 heterocycles. The van der Waals surface area contributed by atoms with Crippen LogP contribution in [0, 0.1) is 5.82 Å². The molecule has 1 saturated heterocycles. The van der Waals surface area contributed by atoms with Crippen LogP contribution in [0.1, 0.15) is 50.9 Å². The standard InChI is InChI=1S/C32H38FN9O3/c1-32(2,3)45-29(44)19-41-17-22(36-38-41)16-34-28(43)18-42-26-8-6-7-23(24-14-27-21(13-25(24)33)15-35-40(27)5)30(26)31(37-42)20-9-11-39(4)12-10-20/h6-8,13-15,17,20H,9-12,16,18-19H2,1-5H3,(H,34,43). The van der Waals surface area contributed by atoms with Crippen molar-refractivity contribution < 1.29 is 18.7 Å². The van der Waals surface area contributed by atoms with Crippen molar-refractivity contribution >= 4 is 33.7 Å². The molecular formula is C32H38FN9O3. The summed E-state index contributed by atoms with van der Waals surface area (Å²) in [4.78, 5) is 27.6. The van der Waals surface area contributed by atoms with Gasteiger partial charge in [0.15, 0.2) is 0 Å². The van der Waals surface area contributed by atoms with Gasteiger partial charge in [0.05, 0.1) is 35.7 Å². The van der Waals surface area contributed by atoms with Gasteiger partial charge in [-0.05, 0) is 77.5 Å².